The number of hydrogen-bond donors (Lipinski definition) is 0. The van der Waals surface area contributed by atoms with Crippen molar-refractivity contribution in [3.8, 4) is 5.75 Å². The van der Waals surface area contributed by atoms with Crippen LogP contribution < -0.4 is 4.74 Å². The van der Waals surface area contributed by atoms with Gasteiger partial charge in [0.15, 0.2) is 0 Å². The number of carbonyl (C=O) groups excluding carboxylic acids is 1. The van der Waals surface area contributed by atoms with Crippen LogP contribution >= 0.6 is 0 Å². The first-order valence-corrected chi connectivity index (χ1v) is 7.33. The van der Waals surface area contributed by atoms with Gasteiger partial charge in [-0.05, 0) is 32.4 Å². The van der Waals surface area contributed by atoms with Gasteiger partial charge in [-0.15, -0.1) is 0 Å². The van der Waals surface area contributed by atoms with Crippen molar-refractivity contribution in [2.75, 3.05) is 0 Å². The summed E-state index contributed by atoms with van der Waals surface area (Å²) in [4.78, 5) is 12.1. The van der Waals surface area contributed by atoms with Crippen LogP contribution in [0.3, 0.4) is 0 Å². The van der Waals surface area contributed by atoms with E-state index in [1.165, 1.54) is 25.7 Å². The van der Waals surface area contributed by atoms with Crippen LogP contribution in [0.25, 0.3) is 0 Å². The Hall–Kier alpha value is -1.31. The largest absolute Gasteiger partial charge is 0.426 e. The molecule has 0 aliphatic heterocycles. The van der Waals surface area contributed by atoms with E-state index in [2.05, 4.69) is 6.92 Å². The predicted molar refractivity (Wildman–Crippen MR) is 79.2 cm³/mol. The monoisotopic (exact) mass is 262 g/mol. The molecule has 0 aliphatic rings. The second-order valence-corrected chi connectivity index (χ2v) is 5.75. The molecule has 0 aromatic heterocycles. The average molecular weight is 262 g/mol. The predicted octanol–water partition coefficient (Wildman–Crippen LogP) is 4.98. The third-order valence-corrected chi connectivity index (χ3v) is 3.41. The highest BCUT2D eigenvalue weighted by atomic mass is 16.5. The molecule has 1 aromatic rings. The molecule has 0 unspecified atom stereocenters. The maximum Gasteiger partial charge on any atom is 0.316 e. The summed E-state index contributed by atoms with van der Waals surface area (Å²) in [7, 11) is 0. The second-order valence-electron chi connectivity index (χ2n) is 5.75. The van der Waals surface area contributed by atoms with Crippen LogP contribution in [0.5, 0.6) is 5.75 Å². The molecule has 0 heterocycles. The minimum Gasteiger partial charge on any atom is -0.426 e. The number of carbonyl (C=O) groups is 1. The van der Waals surface area contributed by atoms with Gasteiger partial charge < -0.3 is 4.74 Å². The molecular weight excluding hydrogens is 236 g/mol. The minimum atomic E-state index is -0.401. The highest BCUT2D eigenvalue weighted by Crippen LogP contribution is 2.26. The Kier molecular flexibility index (Phi) is 6.61. The summed E-state index contributed by atoms with van der Waals surface area (Å²) in [6.45, 7) is 6.15. The molecule has 0 radical (unpaired) electrons. The van der Waals surface area contributed by atoms with Crippen LogP contribution in [0, 0.1) is 5.41 Å². The molecule has 0 amide bonds. The smallest absolute Gasteiger partial charge is 0.316 e. The highest BCUT2D eigenvalue weighted by molar-refractivity contribution is 5.78. The third kappa shape index (κ3) is 5.91. The van der Waals surface area contributed by atoms with Crippen LogP contribution in [0.2, 0.25) is 0 Å². The first-order chi connectivity index (χ1) is 9.06. The summed E-state index contributed by atoms with van der Waals surface area (Å²) in [5.74, 6) is 0.501. The van der Waals surface area contributed by atoms with E-state index < -0.39 is 5.41 Å². The standard InChI is InChI=1S/C17H26O2/c1-4-5-6-7-11-14-17(2,3)16(18)19-15-12-9-8-10-13-15/h8-10,12-13H,4-7,11,14H2,1-3H3. The van der Waals surface area contributed by atoms with Crippen molar-refractivity contribution in [1.82, 2.24) is 0 Å². The number of rotatable bonds is 8. The molecule has 0 atom stereocenters. The van der Waals surface area contributed by atoms with E-state index in [1.54, 1.807) is 0 Å². The van der Waals surface area contributed by atoms with Gasteiger partial charge in [-0.3, -0.25) is 4.79 Å². The van der Waals surface area contributed by atoms with Gasteiger partial charge in [0.2, 0.25) is 0 Å². The molecule has 0 saturated heterocycles. The van der Waals surface area contributed by atoms with Gasteiger partial charge in [0.25, 0.3) is 0 Å². The van der Waals surface area contributed by atoms with Crippen molar-refractivity contribution >= 4 is 5.97 Å². The van der Waals surface area contributed by atoms with E-state index in [9.17, 15) is 4.79 Å². The Balaban J connectivity index is 2.37. The van der Waals surface area contributed by atoms with Crippen molar-refractivity contribution in [2.24, 2.45) is 5.41 Å². The zero-order valence-electron chi connectivity index (χ0n) is 12.4. The maximum absolute atomic E-state index is 12.1. The van der Waals surface area contributed by atoms with Crippen LogP contribution in [0.1, 0.15) is 59.3 Å². The number of unbranched alkanes of at least 4 members (excludes halogenated alkanes) is 4. The Morgan fingerprint density at radius 3 is 2.32 bits per heavy atom. The van der Waals surface area contributed by atoms with E-state index in [-0.39, 0.29) is 5.97 Å². The Bertz CT molecular complexity index is 368. The molecule has 0 saturated carbocycles. The summed E-state index contributed by atoms with van der Waals surface area (Å²) in [6.07, 6.45) is 6.99. The van der Waals surface area contributed by atoms with Gasteiger partial charge in [-0.25, -0.2) is 0 Å². The summed E-state index contributed by atoms with van der Waals surface area (Å²) >= 11 is 0. The van der Waals surface area contributed by atoms with Crippen LogP contribution in [0.15, 0.2) is 30.3 Å². The summed E-state index contributed by atoms with van der Waals surface area (Å²) in [5, 5.41) is 0. The van der Waals surface area contributed by atoms with E-state index in [1.807, 2.05) is 44.2 Å². The fraction of sp³-hybridized carbons (Fsp3) is 0.588. The molecule has 1 aromatic carbocycles. The lowest BCUT2D eigenvalue weighted by Crippen LogP contribution is -2.29. The molecule has 1 rings (SSSR count). The van der Waals surface area contributed by atoms with Crippen molar-refractivity contribution in [2.45, 2.75) is 59.3 Å². The lowest BCUT2D eigenvalue weighted by atomic mass is 9.87. The van der Waals surface area contributed by atoms with Crippen LogP contribution in [-0.4, -0.2) is 5.97 Å². The van der Waals surface area contributed by atoms with Crippen molar-refractivity contribution in [3.05, 3.63) is 30.3 Å². The van der Waals surface area contributed by atoms with E-state index in [0.717, 1.165) is 12.8 Å². The maximum atomic E-state index is 12.1. The lowest BCUT2D eigenvalue weighted by Gasteiger charge is -2.22. The molecule has 0 bridgehead atoms. The zero-order valence-corrected chi connectivity index (χ0v) is 12.4. The van der Waals surface area contributed by atoms with Gasteiger partial charge >= 0.3 is 5.97 Å². The first kappa shape index (κ1) is 15.7. The van der Waals surface area contributed by atoms with Crippen molar-refractivity contribution < 1.29 is 9.53 Å². The number of para-hydroxylation sites is 1. The van der Waals surface area contributed by atoms with Gasteiger partial charge in [-0.1, -0.05) is 57.2 Å². The molecule has 0 N–H and O–H groups in total. The van der Waals surface area contributed by atoms with E-state index >= 15 is 0 Å². The molecule has 0 spiro atoms. The zero-order chi connectivity index (χ0) is 14.1. The topological polar surface area (TPSA) is 26.3 Å². The molecule has 19 heavy (non-hydrogen) atoms. The molecule has 2 nitrogen and oxygen atoms in total. The Morgan fingerprint density at radius 1 is 1.05 bits per heavy atom. The number of benzene rings is 1. The van der Waals surface area contributed by atoms with Gasteiger partial charge in [0, 0.05) is 0 Å². The minimum absolute atomic E-state index is 0.130. The Morgan fingerprint density at radius 2 is 1.68 bits per heavy atom. The fourth-order valence-electron chi connectivity index (χ4n) is 2.01. The van der Waals surface area contributed by atoms with Gasteiger partial charge in [0.1, 0.15) is 5.75 Å². The third-order valence-electron chi connectivity index (χ3n) is 3.41. The summed E-state index contributed by atoms with van der Waals surface area (Å²) < 4.78 is 5.42. The number of esters is 1. The average Bonchev–Trinajstić information content (AvgIpc) is 2.39. The molecule has 2 heteroatoms. The van der Waals surface area contributed by atoms with Crippen molar-refractivity contribution in [1.29, 1.82) is 0 Å². The molecule has 106 valence electrons. The van der Waals surface area contributed by atoms with Gasteiger partial charge in [-0.2, -0.15) is 0 Å². The lowest BCUT2D eigenvalue weighted by molar-refractivity contribution is -0.144. The Labute approximate surface area is 117 Å². The normalized spacial score (nSPS) is 11.3. The van der Waals surface area contributed by atoms with Crippen LogP contribution in [0.4, 0.5) is 0 Å². The highest BCUT2D eigenvalue weighted by Gasteiger charge is 2.29. The summed E-state index contributed by atoms with van der Waals surface area (Å²) in [5.41, 5.74) is -0.401. The SMILES string of the molecule is CCCCCCCC(C)(C)C(=O)Oc1ccccc1. The van der Waals surface area contributed by atoms with Crippen molar-refractivity contribution in [3.63, 3.8) is 0 Å². The molecule has 0 aliphatic carbocycles. The van der Waals surface area contributed by atoms with Gasteiger partial charge in [0.05, 0.1) is 5.41 Å². The van der Waals surface area contributed by atoms with E-state index in [0.29, 0.717) is 5.75 Å². The second kappa shape index (κ2) is 7.98. The molecular formula is C17H26O2. The number of ether oxygens (including phenoxy) is 1. The summed E-state index contributed by atoms with van der Waals surface area (Å²) in [6, 6.07) is 9.29. The molecule has 0 fully saturated rings. The quantitative estimate of drug-likeness (QED) is 0.375. The van der Waals surface area contributed by atoms with Crippen LogP contribution in [-0.2, 0) is 4.79 Å². The number of hydrogen-bond acceptors (Lipinski definition) is 2. The fourth-order valence-corrected chi connectivity index (χ4v) is 2.01. The van der Waals surface area contributed by atoms with E-state index in [4.69, 9.17) is 4.74 Å². The first-order valence-electron chi connectivity index (χ1n) is 7.33.